The Labute approximate surface area is 104 Å². The fourth-order valence-electron chi connectivity index (χ4n) is 2.07. The van der Waals surface area contributed by atoms with Crippen molar-refractivity contribution in [2.45, 2.75) is 18.4 Å². The van der Waals surface area contributed by atoms with E-state index in [4.69, 9.17) is 5.73 Å². The van der Waals surface area contributed by atoms with Gasteiger partial charge in [-0.3, -0.25) is 4.98 Å². The summed E-state index contributed by atoms with van der Waals surface area (Å²) < 4.78 is 13.0. The van der Waals surface area contributed by atoms with Gasteiger partial charge in [0.05, 0.1) is 5.69 Å². The van der Waals surface area contributed by atoms with Gasteiger partial charge in [-0.05, 0) is 36.2 Å². The minimum absolute atomic E-state index is 0.257. The average Bonchev–Trinajstić information content (AvgIpc) is 3.10. The van der Waals surface area contributed by atoms with Crippen molar-refractivity contribution in [1.29, 1.82) is 0 Å². The molecule has 0 amide bonds. The van der Waals surface area contributed by atoms with Crippen LogP contribution in [0.15, 0.2) is 36.5 Å². The third-order valence-electron chi connectivity index (χ3n) is 3.30. The largest absolute Gasteiger partial charge is 0.505 e. The highest BCUT2D eigenvalue weighted by Crippen LogP contribution is 2.38. The molecule has 92 valence electrons. The summed E-state index contributed by atoms with van der Waals surface area (Å²) in [6.07, 6.45) is 2.81. The molecule has 3 N–H and O–H groups in total. The SMILES string of the molecule is NC1CC1c1ccc(-c2ccc(F)c(O)c2)nc1. The van der Waals surface area contributed by atoms with E-state index in [1.54, 1.807) is 12.3 Å². The molecule has 3 nitrogen and oxygen atoms in total. The molecule has 0 radical (unpaired) electrons. The number of aromatic hydroxyl groups is 1. The lowest BCUT2D eigenvalue weighted by molar-refractivity contribution is 0.432. The van der Waals surface area contributed by atoms with Gasteiger partial charge < -0.3 is 10.8 Å². The maximum absolute atomic E-state index is 13.0. The van der Waals surface area contributed by atoms with Crippen LogP contribution in [0, 0.1) is 5.82 Å². The number of hydrogen-bond donors (Lipinski definition) is 2. The first-order chi connectivity index (χ1) is 8.65. The van der Waals surface area contributed by atoms with Crippen molar-refractivity contribution in [2.75, 3.05) is 0 Å². The smallest absolute Gasteiger partial charge is 0.164 e. The monoisotopic (exact) mass is 244 g/mol. The molecule has 1 saturated carbocycles. The number of phenols is 1. The van der Waals surface area contributed by atoms with Gasteiger partial charge in [0.15, 0.2) is 11.6 Å². The Morgan fingerprint density at radius 1 is 1.28 bits per heavy atom. The number of hydrogen-bond acceptors (Lipinski definition) is 3. The minimum Gasteiger partial charge on any atom is -0.505 e. The molecule has 3 rings (SSSR count). The molecule has 0 aliphatic heterocycles. The summed E-state index contributed by atoms with van der Waals surface area (Å²) >= 11 is 0. The van der Waals surface area contributed by atoms with Crippen LogP contribution >= 0.6 is 0 Å². The zero-order valence-corrected chi connectivity index (χ0v) is 9.68. The molecule has 1 aromatic carbocycles. The van der Waals surface area contributed by atoms with E-state index in [2.05, 4.69) is 4.98 Å². The number of phenolic OH excluding ortho intramolecular Hbond substituents is 1. The van der Waals surface area contributed by atoms with Gasteiger partial charge in [-0.25, -0.2) is 4.39 Å². The van der Waals surface area contributed by atoms with Crippen LogP contribution in [0.5, 0.6) is 5.75 Å². The molecule has 18 heavy (non-hydrogen) atoms. The number of nitrogens with two attached hydrogens (primary N) is 1. The Kier molecular flexibility index (Phi) is 2.52. The summed E-state index contributed by atoms with van der Waals surface area (Å²) in [5.74, 6) is -0.560. The molecule has 0 bridgehead atoms. The number of aromatic nitrogens is 1. The highest BCUT2D eigenvalue weighted by atomic mass is 19.1. The molecule has 1 fully saturated rings. The van der Waals surface area contributed by atoms with Crippen LogP contribution in [-0.2, 0) is 0 Å². The lowest BCUT2D eigenvalue weighted by Crippen LogP contribution is -2.01. The van der Waals surface area contributed by atoms with Crippen LogP contribution in [0.2, 0.25) is 0 Å². The quantitative estimate of drug-likeness (QED) is 0.852. The Morgan fingerprint density at radius 2 is 2.06 bits per heavy atom. The molecular weight excluding hydrogens is 231 g/mol. The fourth-order valence-corrected chi connectivity index (χ4v) is 2.07. The van der Waals surface area contributed by atoms with Crippen LogP contribution in [0.4, 0.5) is 4.39 Å². The van der Waals surface area contributed by atoms with E-state index in [0.29, 0.717) is 17.2 Å². The van der Waals surface area contributed by atoms with Gasteiger partial charge in [-0.2, -0.15) is 0 Å². The van der Waals surface area contributed by atoms with Gasteiger partial charge in [0, 0.05) is 23.7 Å². The van der Waals surface area contributed by atoms with Crippen molar-refractivity contribution in [3.05, 3.63) is 47.9 Å². The zero-order chi connectivity index (χ0) is 12.7. The second-order valence-electron chi connectivity index (χ2n) is 4.65. The maximum atomic E-state index is 13.0. The second-order valence-corrected chi connectivity index (χ2v) is 4.65. The Morgan fingerprint density at radius 3 is 2.61 bits per heavy atom. The van der Waals surface area contributed by atoms with Gasteiger partial charge in [-0.15, -0.1) is 0 Å². The Bertz CT molecular complexity index is 583. The van der Waals surface area contributed by atoms with E-state index in [0.717, 1.165) is 12.0 Å². The van der Waals surface area contributed by atoms with Crippen molar-refractivity contribution in [1.82, 2.24) is 4.98 Å². The fraction of sp³-hybridized carbons (Fsp3) is 0.214. The number of halogens is 1. The third-order valence-corrected chi connectivity index (χ3v) is 3.30. The molecule has 2 aromatic rings. The van der Waals surface area contributed by atoms with Crippen molar-refractivity contribution < 1.29 is 9.50 Å². The first kappa shape index (κ1) is 11.2. The molecular formula is C14H13FN2O. The minimum atomic E-state index is -0.626. The number of benzene rings is 1. The van der Waals surface area contributed by atoms with E-state index in [-0.39, 0.29) is 11.8 Å². The maximum Gasteiger partial charge on any atom is 0.164 e. The van der Waals surface area contributed by atoms with Crippen molar-refractivity contribution in [3.8, 4) is 17.0 Å². The summed E-state index contributed by atoms with van der Waals surface area (Å²) in [5.41, 5.74) is 8.32. The van der Waals surface area contributed by atoms with Crippen LogP contribution in [0.3, 0.4) is 0 Å². The molecule has 0 spiro atoms. The summed E-state index contributed by atoms with van der Waals surface area (Å²) in [5, 5.41) is 9.33. The predicted molar refractivity (Wildman–Crippen MR) is 66.6 cm³/mol. The Balaban J connectivity index is 1.89. The molecule has 0 saturated heterocycles. The average molecular weight is 244 g/mol. The topological polar surface area (TPSA) is 59.1 Å². The van der Waals surface area contributed by atoms with Gasteiger partial charge in [0.1, 0.15) is 0 Å². The molecule has 2 unspecified atom stereocenters. The van der Waals surface area contributed by atoms with Crippen LogP contribution in [0.1, 0.15) is 17.9 Å². The van der Waals surface area contributed by atoms with Crippen molar-refractivity contribution in [3.63, 3.8) is 0 Å². The molecule has 1 aliphatic carbocycles. The highest BCUT2D eigenvalue weighted by Gasteiger charge is 2.34. The molecule has 2 atom stereocenters. The highest BCUT2D eigenvalue weighted by molar-refractivity contribution is 5.61. The molecule has 1 aliphatic rings. The van der Waals surface area contributed by atoms with Gasteiger partial charge in [0.2, 0.25) is 0 Å². The standard InChI is InChI=1S/C14H13FN2O/c15-11-3-1-8(5-14(11)18)13-4-2-9(7-17-13)10-6-12(10)16/h1-5,7,10,12,18H,6,16H2. The molecule has 1 heterocycles. The summed E-state index contributed by atoms with van der Waals surface area (Å²) in [6.45, 7) is 0. The van der Waals surface area contributed by atoms with Crippen LogP contribution < -0.4 is 5.73 Å². The van der Waals surface area contributed by atoms with E-state index >= 15 is 0 Å². The number of rotatable bonds is 2. The van der Waals surface area contributed by atoms with Gasteiger partial charge in [0.25, 0.3) is 0 Å². The summed E-state index contributed by atoms with van der Waals surface area (Å²) in [4.78, 5) is 4.33. The first-order valence-electron chi connectivity index (χ1n) is 5.85. The van der Waals surface area contributed by atoms with Crippen molar-refractivity contribution in [2.24, 2.45) is 5.73 Å². The predicted octanol–water partition coefficient (Wildman–Crippen LogP) is 2.41. The third kappa shape index (κ3) is 1.95. The molecule has 4 heteroatoms. The molecule has 1 aromatic heterocycles. The first-order valence-corrected chi connectivity index (χ1v) is 5.85. The van der Waals surface area contributed by atoms with E-state index in [1.807, 2.05) is 12.1 Å². The number of nitrogens with zero attached hydrogens (tertiary/aromatic N) is 1. The van der Waals surface area contributed by atoms with Gasteiger partial charge >= 0.3 is 0 Å². The summed E-state index contributed by atoms with van der Waals surface area (Å²) in [7, 11) is 0. The van der Waals surface area contributed by atoms with E-state index in [9.17, 15) is 9.50 Å². The lowest BCUT2D eigenvalue weighted by atomic mass is 10.1. The summed E-state index contributed by atoms with van der Waals surface area (Å²) in [6, 6.07) is 8.32. The Hall–Kier alpha value is -1.94. The normalized spacial score (nSPS) is 21.9. The van der Waals surface area contributed by atoms with E-state index in [1.165, 1.54) is 12.1 Å². The second kappa shape index (κ2) is 4.07. The van der Waals surface area contributed by atoms with E-state index < -0.39 is 5.82 Å². The zero-order valence-electron chi connectivity index (χ0n) is 9.68. The van der Waals surface area contributed by atoms with Gasteiger partial charge in [-0.1, -0.05) is 6.07 Å². The van der Waals surface area contributed by atoms with Crippen molar-refractivity contribution >= 4 is 0 Å². The lowest BCUT2D eigenvalue weighted by Gasteiger charge is -2.04. The number of pyridine rings is 1. The van der Waals surface area contributed by atoms with Crippen LogP contribution in [-0.4, -0.2) is 16.1 Å². The van der Waals surface area contributed by atoms with Crippen LogP contribution in [0.25, 0.3) is 11.3 Å².